The highest BCUT2D eigenvalue weighted by Crippen LogP contribution is 2.69. The number of amides is 1. The Morgan fingerprint density at radius 2 is 1.76 bits per heavy atom. The zero-order chi connectivity index (χ0) is 26.9. The Labute approximate surface area is 231 Å². The fourth-order valence-corrected chi connectivity index (χ4v) is 10.5. The van der Waals surface area contributed by atoms with Crippen LogP contribution in [0.2, 0.25) is 0 Å². The van der Waals surface area contributed by atoms with Crippen molar-refractivity contribution in [1.29, 1.82) is 0 Å². The molecule has 1 aromatic rings. The maximum atomic E-state index is 12.1. The maximum absolute atomic E-state index is 12.1. The van der Waals surface area contributed by atoms with Crippen LogP contribution in [0.1, 0.15) is 104 Å². The van der Waals surface area contributed by atoms with Crippen LogP contribution in [0.15, 0.2) is 30.3 Å². The summed E-state index contributed by atoms with van der Waals surface area (Å²) in [6.07, 6.45) is 13.3. The Bertz CT molecular complexity index is 935. The van der Waals surface area contributed by atoms with E-state index in [9.17, 15) is 9.90 Å². The summed E-state index contributed by atoms with van der Waals surface area (Å²) in [5.74, 6) is 5.59. The van der Waals surface area contributed by atoms with Gasteiger partial charge in [-0.15, -0.1) is 0 Å². The summed E-state index contributed by atoms with van der Waals surface area (Å²) in [5, 5.41) is 13.4. The lowest BCUT2D eigenvalue weighted by atomic mass is 9.42. The fourth-order valence-electron chi connectivity index (χ4n) is 10.5. The molecule has 1 aromatic carbocycles. The fraction of sp³-hybridized carbons (Fsp3) is 0.794. The van der Waals surface area contributed by atoms with Gasteiger partial charge in [-0.05, 0) is 122 Å². The van der Waals surface area contributed by atoms with E-state index in [0.717, 1.165) is 66.8 Å². The summed E-state index contributed by atoms with van der Waals surface area (Å²) < 4.78 is 5.50. The molecule has 4 saturated carbocycles. The van der Waals surface area contributed by atoms with Crippen LogP contribution < -0.4 is 5.32 Å². The lowest BCUT2D eigenvalue weighted by molar-refractivity contribution is -0.152. The first-order valence-electron chi connectivity index (χ1n) is 15.9. The van der Waals surface area contributed by atoms with Crippen molar-refractivity contribution >= 4 is 6.09 Å². The molecule has 38 heavy (non-hydrogen) atoms. The molecular formula is C34H53NO3. The molecule has 0 aliphatic heterocycles. The molecule has 0 unspecified atom stereocenters. The lowest BCUT2D eigenvalue weighted by Gasteiger charge is -2.63. The number of ether oxygens (including phenoxy) is 1. The van der Waals surface area contributed by atoms with Crippen LogP contribution in [0.5, 0.6) is 0 Å². The Morgan fingerprint density at radius 3 is 2.53 bits per heavy atom. The van der Waals surface area contributed by atoms with E-state index in [4.69, 9.17) is 4.74 Å². The van der Waals surface area contributed by atoms with E-state index in [1.807, 2.05) is 30.3 Å². The van der Waals surface area contributed by atoms with Gasteiger partial charge in [0.15, 0.2) is 0 Å². The minimum absolute atomic E-state index is 0.0665. The third-order valence-corrected chi connectivity index (χ3v) is 12.4. The molecule has 4 aliphatic rings. The van der Waals surface area contributed by atoms with Gasteiger partial charge in [-0.1, -0.05) is 64.4 Å². The summed E-state index contributed by atoms with van der Waals surface area (Å²) in [6, 6.07) is 9.98. The van der Waals surface area contributed by atoms with E-state index in [1.165, 1.54) is 44.9 Å². The molecule has 2 N–H and O–H groups in total. The van der Waals surface area contributed by atoms with Crippen molar-refractivity contribution in [3.05, 3.63) is 35.9 Å². The van der Waals surface area contributed by atoms with Gasteiger partial charge in [-0.3, -0.25) is 0 Å². The van der Waals surface area contributed by atoms with Crippen molar-refractivity contribution in [1.82, 2.24) is 5.32 Å². The van der Waals surface area contributed by atoms with E-state index >= 15 is 0 Å². The third-order valence-electron chi connectivity index (χ3n) is 12.4. The Balaban J connectivity index is 1.14. The molecular weight excluding hydrogens is 470 g/mol. The monoisotopic (exact) mass is 523 g/mol. The van der Waals surface area contributed by atoms with E-state index in [1.54, 1.807) is 0 Å². The van der Waals surface area contributed by atoms with Crippen LogP contribution in [0.4, 0.5) is 4.79 Å². The van der Waals surface area contributed by atoms with Crippen LogP contribution in [0, 0.1) is 52.3 Å². The maximum Gasteiger partial charge on any atom is 0.407 e. The van der Waals surface area contributed by atoms with Crippen molar-refractivity contribution in [3.63, 3.8) is 0 Å². The molecule has 0 aromatic heterocycles. The van der Waals surface area contributed by atoms with Gasteiger partial charge in [0.2, 0.25) is 0 Å². The van der Waals surface area contributed by atoms with Gasteiger partial charge in [0.25, 0.3) is 0 Å². The second-order valence-electron chi connectivity index (χ2n) is 14.1. The zero-order valence-electron chi connectivity index (χ0n) is 24.5. The highest BCUT2D eigenvalue weighted by Gasteiger charge is 2.62. The predicted octanol–water partition coefficient (Wildman–Crippen LogP) is 7.99. The minimum atomic E-state index is -0.308. The minimum Gasteiger partial charge on any atom is -0.450 e. The molecule has 4 aliphatic carbocycles. The first-order valence-corrected chi connectivity index (χ1v) is 15.9. The van der Waals surface area contributed by atoms with Crippen molar-refractivity contribution in [2.45, 2.75) is 111 Å². The normalized spacial score (nSPS) is 40.9. The molecule has 4 nitrogen and oxygen atoms in total. The van der Waals surface area contributed by atoms with Crippen molar-refractivity contribution in [2.75, 3.05) is 6.61 Å². The van der Waals surface area contributed by atoms with Crippen molar-refractivity contribution in [2.24, 2.45) is 52.3 Å². The van der Waals surface area contributed by atoms with E-state index in [-0.39, 0.29) is 12.2 Å². The largest absolute Gasteiger partial charge is 0.450 e. The molecule has 212 valence electrons. The van der Waals surface area contributed by atoms with Crippen LogP contribution in [-0.4, -0.2) is 23.9 Å². The standard InChI is InChI=1S/C34H53NO3/c1-5-25-20-27-29-14-13-28(23(2)10-9-19-38-32(37)35-22-24-11-7-6-8-12-24)33(29,3)18-16-30(27)34(4)17-15-26(36)21-31(25)34/h6-8,11-12,23,25-31,36H,5,9-10,13-22H2,1-4H3,(H,35,37)/t23-,25+,26-,27+,28-,29+,30+,31+,33-,34-/m1/s1. The smallest absolute Gasteiger partial charge is 0.407 e. The number of aliphatic hydroxyl groups excluding tert-OH is 1. The summed E-state index contributed by atoms with van der Waals surface area (Å²) in [4.78, 5) is 12.1. The summed E-state index contributed by atoms with van der Waals surface area (Å²) >= 11 is 0. The van der Waals surface area contributed by atoms with E-state index < -0.39 is 0 Å². The summed E-state index contributed by atoms with van der Waals surface area (Å²) in [6.45, 7) is 11.2. The number of alkyl carbamates (subject to hydrolysis) is 1. The van der Waals surface area contributed by atoms with Gasteiger partial charge in [0.05, 0.1) is 12.7 Å². The lowest BCUT2D eigenvalue weighted by Crippen LogP contribution is -2.56. The van der Waals surface area contributed by atoms with Gasteiger partial charge in [0, 0.05) is 6.54 Å². The number of hydrogen-bond donors (Lipinski definition) is 2. The Kier molecular flexibility index (Phi) is 8.48. The topological polar surface area (TPSA) is 58.6 Å². The summed E-state index contributed by atoms with van der Waals surface area (Å²) in [7, 11) is 0. The SMILES string of the molecule is CC[C@H]1C[C@@H]2[C@H](CC[C@]3(C)[C@@H]([C@H](C)CCCOC(=O)NCc4ccccc4)CC[C@@H]23)[C@@]2(C)CC[C@@H](O)C[C@@H]12. The van der Waals surface area contributed by atoms with Crippen LogP contribution >= 0.6 is 0 Å². The Hall–Kier alpha value is -1.55. The second kappa shape index (κ2) is 11.5. The molecule has 0 heterocycles. The van der Waals surface area contributed by atoms with Crippen LogP contribution in [0.3, 0.4) is 0 Å². The van der Waals surface area contributed by atoms with Crippen LogP contribution in [0.25, 0.3) is 0 Å². The highest BCUT2D eigenvalue weighted by atomic mass is 16.5. The molecule has 0 radical (unpaired) electrons. The molecule has 4 fully saturated rings. The molecule has 1 amide bonds. The number of carbonyl (C=O) groups is 1. The molecule has 10 atom stereocenters. The molecule has 0 spiro atoms. The Morgan fingerprint density at radius 1 is 1.03 bits per heavy atom. The average molecular weight is 524 g/mol. The van der Waals surface area contributed by atoms with E-state index in [2.05, 4.69) is 33.0 Å². The van der Waals surface area contributed by atoms with Gasteiger partial charge < -0.3 is 15.2 Å². The summed E-state index contributed by atoms with van der Waals surface area (Å²) in [5.41, 5.74) is 1.99. The number of rotatable bonds is 8. The third kappa shape index (κ3) is 5.28. The molecule has 4 heteroatoms. The second-order valence-corrected chi connectivity index (χ2v) is 14.1. The van der Waals surface area contributed by atoms with E-state index in [0.29, 0.717) is 29.9 Å². The number of nitrogens with one attached hydrogen (secondary N) is 1. The first kappa shape index (κ1) is 28.0. The average Bonchev–Trinajstić information content (AvgIpc) is 3.28. The number of aliphatic hydroxyl groups is 1. The number of fused-ring (bicyclic) bond motifs is 5. The number of hydrogen-bond acceptors (Lipinski definition) is 3. The van der Waals surface area contributed by atoms with Gasteiger partial charge in [-0.25, -0.2) is 4.79 Å². The van der Waals surface area contributed by atoms with Gasteiger partial charge in [0.1, 0.15) is 0 Å². The molecule has 5 rings (SSSR count). The molecule has 0 saturated heterocycles. The van der Waals surface area contributed by atoms with Crippen LogP contribution in [-0.2, 0) is 11.3 Å². The zero-order valence-corrected chi connectivity index (χ0v) is 24.5. The number of benzene rings is 1. The highest BCUT2D eigenvalue weighted by molar-refractivity contribution is 5.67. The van der Waals surface area contributed by atoms with Crippen molar-refractivity contribution in [3.8, 4) is 0 Å². The van der Waals surface area contributed by atoms with Crippen molar-refractivity contribution < 1.29 is 14.6 Å². The van der Waals surface area contributed by atoms with Gasteiger partial charge >= 0.3 is 6.09 Å². The first-order chi connectivity index (χ1) is 18.3. The quantitative estimate of drug-likeness (QED) is 0.340. The van der Waals surface area contributed by atoms with Gasteiger partial charge in [-0.2, -0.15) is 0 Å². The number of carbonyl (C=O) groups excluding carboxylic acids is 1. The molecule has 0 bridgehead atoms. The predicted molar refractivity (Wildman–Crippen MR) is 153 cm³/mol.